The molecule has 1 aliphatic rings. The predicted molar refractivity (Wildman–Crippen MR) is 80.0 cm³/mol. The number of nitrogens with one attached hydrogen (secondary N) is 1. The Morgan fingerprint density at radius 2 is 1.86 bits per heavy atom. The summed E-state index contributed by atoms with van der Waals surface area (Å²) in [5.41, 5.74) is -0.172. The van der Waals surface area contributed by atoms with Crippen LogP contribution in [0, 0.1) is 17.6 Å². The summed E-state index contributed by atoms with van der Waals surface area (Å²) in [5.74, 6) is -2.03. The van der Waals surface area contributed by atoms with E-state index in [1.165, 1.54) is 7.05 Å². The third-order valence-electron chi connectivity index (χ3n) is 3.22. The van der Waals surface area contributed by atoms with Crippen molar-refractivity contribution >= 4 is 15.9 Å². The van der Waals surface area contributed by atoms with E-state index in [2.05, 4.69) is 4.72 Å². The Morgan fingerprint density at radius 3 is 2.32 bits per heavy atom. The molecule has 0 heterocycles. The third kappa shape index (κ3) is 4.30. The van der Waals surface area contributed by atoms with Crippen LogP contribution in [0.5, 0.6) is 5.75 Å². The van der Waals surface area contributed by atoms with Gasteiger partial charge in [0.2, 0.25) is 0 Å². The summed E-state index contributed by atoms with van der Waals surface area (Å²) in [7, 11) is -2.39. The zero-order valence-electron chi connectivity index (χ0n) is 12.8. The van der Waals surface area contributed by atoms with E-state index in [9.17, 15) is 17.2 Å². The Bertz CT molecular complexity index is 622. The summed E-state index contributed by atoms with van der Waals surface area (Å²) in [6, 6.07) is 1.81. The number of hydrogen-bond acceptors (Lipinski definition) is 3. The number of anilines is 1. The highest BCUT2D eigenvalue weighted by Crippen LogP contribution is 2.31. The first-order valence-electron chi connectivity index (χ1n) is 7.09. The summed E-state index contributed by atoms with van der Waals surface area (Å²) < 4.78 is 60.2. The molecule has 0 radical (unpaired) electrons. The van der Waals surface area contributed by atoms with E-state index in [0.29, 0.717) is 12.5 Å². The van der Waals surface area contributed by atoms with Crippen LogP contribution in [0.2, 0.25) is 0 Å². The fraction of sp³-hybridized carbons (Fsp3) is 0.571. The van der Waals surface area contributed by atoms with Crippen LogP contribution in [0.1, 0.15) is 26.7 Å². The van der Waals surface area contributed by atoms with Crippen molar-refractivity contribution in [2.24, 2.45) is 5.92 Å². The maximum Gasteiger partial charge on any atom is 0.301 e. The lowest BCUT2D eigenvalue weighted by Gasteiger charge is -2.19. The SMILES string of the molecule is CC(C)Oc1c(F)cc(NS(=O)(=O)N(C)CC2CC2)cc1F. The second-order valence-electron chi connectivity index (χ2n) is 5.77. The van der Waals surface area contributed by atoms with Crippen LogP contribution in [0.3, 0.4) is 0 Å². The predicted octanol–water partition coefficient (Wildman–Crippen LogP) is 2.75. The fourth-order valence-corrected chi connectivity index (χ4v) is 2.93. The molecule has 124 valence electrons. The van der Waals surface area contributed by atoms with Gasteiger partial charge in [0.1, 0.15) is 0 Å². The quantitative estimate of drug-likeness (QED) is 0.834. The minimum absolute atomic E-state index is 0.172. The summed E-state index contributed by atoms with van der Waals surface area (Å²) in [4.78, 5) is 0. The summed E-state index contributed by atoms with van der Waals surface area (Å²) in [5, 5.41) is 0. The molecule has 0 aromatic heterocycles. The molecule has 1 aromatic rings. The van der Waals surface area contributed by atoms with Gasteiger partial charge in [-0.2, -0.15) is 12.7 Å². The van der Waals surface area contributed by atoms with Gasteiger partial charge in [-0.1, -0.05) is 0 Å². The number of hydrogen-bond donors (Lipinski definition) is 1. The standard InChI is InChI=1S/C14H20F2N2O3S/c1-9(2)21-14-12(15)6-11(7-13(14)16)17-22(19,20)18(3)8-10-4-5-10/h6-7,9-10,17H,4-5,8H2,1-3H3. The monoisotopic (exact) mass is 334 g/mol. The molecule has 0 aliphatic heterocycles. The topological polar surface area (TPSA) is 58.6 Å². The van der Waals surface area contributed by atoms with Crippen molar-refractivity contribution in [1.82, 2.24) is 4.31 Å². The molecule has 2 rings (SSSR count). The molecular weight excluding hydrogens is 314 g/mol. The van der Waals surface area contributed by atoms with Crippen molar-refractivity contribution in [2.45, 2.75) is 32.8 Å². The molecule has 8 heteroatoms. The van der Waals surface area contributed by atoms with Crippen molar-refractivity contribution in [3.8, 4) is 5.75 Å². The van der Waals surface area contributed by atoms with E-state index in [0.717, 1.165) is 29.3 Å². The van der Waals surface area contributed by atoms with E-state index in [-0.39, 0.29) is 5.69 Å². The highest BCUT2D eigenvalue weighted by Gasteiger charge is 2.28. The Labute approximate surface area is 129 Å². The maximum absolute atomic E-state index is 13.9. The molecule has 0 amide bonds. The summed E-state index contributed by atoms with van der Waals surface area (Å²) in [6.07, 6.45) is 1.62. The number of benzene rings is 1. The molecular formula is C14H20F2N2O3S. The van der Waals surface area contributed by atoms with Crippen molar-refractivity contribution in [2.75, 3.05) is 18.3 Å². The highest BCUT2D eigenvalue weighted by molar-refractivity contribution is 7.90. The van der Waals surface area contributed by atoms with Crippen molar-refractivity contribution in [1.29, 1.82) is 0 Å². The smallest absolute Gasteiger partial charge is 0.301 e. The largest absolute Gasteiger partial charge is 0.485 e. The Hall–Kier alpha value is -1.41. The van der Waals surface area contributed by atoms with E-state index in [4.69, 9.17) is 4.74 Å². The molecule has 1 aliphatic carbocycles. The molecule has 1 N–H and O–H groups in total. The first kappa shape index (κ1) is 17.0. The molecule has 1 fully saturated rings. The van der Waals surface area contributed by atoms with Gasteiger partial charge < -0.3 is 4.74 Å². The van der Waals surface area contributed by atoms with E-state index >= 15 is 0 Å². The van der Waals surface area contributed by atoms with Crippen LogP contribution >= 0.6 is 0 Å². The van der Waals surface area contributed by atoms with Crippen LogP contribution in [0.4, 0.5) is 14.5 Å². The minimum atomic E-state index is -3.83. The molecule has 0 unspecified atom stereocenters. The normalized spacial score (nSPS) is 15.4. The number of ether oxygens (including phenoxy) is 1. The zero-order valence-corrected chi connectivity index (χ0v) is 13.6. The first-order chi connectivity index (χ1) is 10.2. The van der Waals surface area contributed by atoms with Gasteiger partial charge in [0.25, 0.3) is 0 Å². The van der Waals surface area contributed by atoms with E-state index in [1.54, 1.807) is 13.8 Å². The van der Waals surface area contributed by atoms with Crippen LogP contribution < -0.4 is 9.46 Å². The van der Waals surface area contributed by atoms with Gasteiger partial charge in [-0.05, 0) is 32.6 Å². The third-order valence-corrected chi connectivity index (χ3v) is 4.68. The maximum atomic E-state index is 13.9. The van der Waals surface area contributed by atoms with Gasteiger partial charge in [-0.15, -0.1) is 0 Å². The van der Waals surface area contributed by atoms with Crippen LogP contribution in [0.25, 0.3) is 0 Å². The average molecular weight is 334 g/mol. The second-order valence-corrected chi connectivity index (χ2v) is 7.54. The average Bonchev–Trinajstić information content (AvgIpc) is 3.17. The van der Waals surface area contributed by atoms with Crippen molar-refractivity contribution in [3.05, 3.63) is 23.8 Å². The molecule has 0 saturated heterocycles. The van der Waals surface area contributed by atoms with E-state index < -0.39 is 33.7 Å². The minimum Gasteiger partial charge on any atom is -0.485 e. The Morgan fingerprint density at radius 1 is 1.32 bits per heavy atom. The molecule has 5 nitrogen and oxygen atoms in total. The van der Waals surface area contributed by atoms with Gasteiger partial charge in [0.05, 0.1) is 11.8 Å². The zero-order chi connectivity index (χ0) is 16.5. The molecule has 0 bridgehead atoms. The highest BCUT2D eigenvalue weighted by atomic mass is 32.2. The van der Waals surface area contributed by atoms with Crippen LogP contribution in [-0.2, 0) is 10.2 Å². The van der Waals surface area contributed by atoms with Crippen LogP contribution in [0.15, 0.2) is 12.1 Å². The molecule has 1 aromatic carbocycles. The molecule has 0 spiro atoms. The number of rotatable bonds is 7. The Balaban J connectivity index is 2.15. The van der Waals surface area contributed by atoms with E-state index in [1.807, 2.05) is 0 Å². The Kier molecular flexibility index (Phi) is 4.91. The van der Waals surface area contributed by atoms with Crippen LogP contribution in [-0.4, -0.2) is 32.4 Å². The van der Waals surface area contributed by atoms with Gasteiger partial charge >= 0.3 is 10.2 Å². The van der Waals surface area contributed by atoms with Gasteiger partial charge in [-0.25, -0.2) is 8.78 Å². The lowest BCUT2D eigenvalue weighted by atomic mass is 10.3. The van der Waals surface area contributed by atoms with Crippen molar-refractivity contribution in [3.63, 3.8) is 0 Å². The van der Waals surface area contributed by atoms with Gasteiger partial charge in [0.15, 0.2) is 17.4 Å². The molecule has 1 saturated carbocycles. The summed E-state index contributed by atoms with van der Waals surface area (Å²) in [6.45, 7) is 3.68. The first-order valence-corrected chi connectivity index (χ1v) is 8.53. The lowest BCUT2D eigenvalue weighted by molar-refractivity contribution is 0.219. The number of halogens is 2. The number of nitrogens with zero attached hydrogens (tertiary/aromatic N) is 1. The molecule has 22 heavy (non-hydrogen) atoms. The van der Waals surface area contributed by atoms with Gasteiger partial charge in [0, 0.05) is 25.7 Å². The second kappa shape index (κ2) is 6.37. The molecule has 0 atom stereocenters. The van der Waals surface area contributed by atoms with Gasteiger partial charge in [-0.3, -0.25) is 4.72 Å². The lowest BCUT2D eigenvalue weighted by Crippen LogP contribution is -2.34. The fourth-order valence-electron chi connectivity index (χ4n) is 1.96. The summed E-state index contributed by atoms with van der Waals surface area (Å²) >= 11 is 0. The van der Waals surface area contributed by atoms with Crippen molar-refractivity contribution < 1.29 is 21.9 Å².